The topological polar surface area (TPSA) is 129 Å². The van der Waals surface area contributed by atoms with E-state index in [9.17, 15) is 36.7 Å². The van der Waals surface area contributed by atoms with E-state index in [4.69, 9.17) is 18.9 Å². The van der Waals surface area contributed by atoms with Gasteiger partial charge < -0.3 is 18.9 Å². The van der Waals surface area contributed by atoms with Crippen LogP contribution >= 0.6 is 0 Å². The van der Waals surface area contributed by atoms with E-state index in [2.05, 4.69) is 10.6 Å². The second-order valence-corrected chi connectivity index (χ2v) is 11.1. The van der Waals surface area contributed by atoms with Gasteiger partial charge in [-0.15, -0.1) is 0 Å². The Kier molecular flexibility index (Phi) is 9.87. The molecule has 0 saturated carbocycles. The van der Waals surface area contributed by atoms with E-state index in [-0.39, 0.29) is 22.9 Å². The molecule has 3 aromatic carbocycles. The summed E-state index contributed by atoms with van der Waals surface area (Å²) in [7, 11) is 0. The van der Waals surface area contributed by atoms with Gasteiger partial charge in [-0.25, -0.2) is 36.7 Å². The van der Waals surface area contributed by atoms with Gasteiger partial charge in [-0.2, -0.15) is 0 Å². The van der Waals surface area contributed by atoms with Gasteiger partial charge in [-0.3, -0.25) is 10.6 Å². The summed E-state index contributed by atoms with van der Waals surface area (Å²) in [4.78, 5) is 48.6. The van der Waals surface area contributed by atoms with Crippen LogP contribution in [0.5, 0.6) is 11.5 Å². The van der Waals surface area contributed by atoms with E-state index in [0.29, 0.717) is 0 Å². The van der Waals surface area contributed by atoms with Crippen LogP contribution in [0.1, 0.15) is 62.3 Å². The van der Waals surface area contributed by atoms with Crippen LogP contribution in [0.4, 0.5) is 38.5 Å². The number of carbonyl (C=O) groups is 4. The van der Waals surface area contributed by atoms with Gasteiger partial charge in [0.2, 0.25) is 0 Å². The lowest BCUT2D eigenvalue weighted by Gasteiger charge is -2.19. The number of halogens is 4. The Balaban J connectivity index is 1.72. The molecule has 0 bridgehead atoms. The number of amides is 2. The number of hydrogen-bond donors (Lipinski definition) is 2. The van der Waals surface area contributed by atoms with E-state index in [1.165, 1.54) is 24.3 Å². The lowest BCUT2D eigenvalue weighted by atomic mass is 10.1. The van der Waals surface area contributed by atoms with Crippen LogP contribution in [0.3, 0.4) is 0 Å². The van der Waals surface area contributed by atoms with Gasteiger partial charge >= 0.3 is 24.1 Å². The Morgan fingerprint density at radius 1 is 0.523 bits per heavy atom. The number of benzene rings is 3. The van der Waals surface area contributed by atoms with E-state index in [1.54, 1.807) is 41.5 Å². The third-order valence-corrected chi connectivity index (χ3v) is 5.09. The summed E-state index contributed by atoms with van der Waals surface area (Å²) in [6.07, 6.45) is -1.55. The predicted molar refractivity (Wildman–Crippen MR) is 149 cm³/mol. The van der Waals surface area contributed by atoms with Gasteiger partial charge in [-0.1, -0.05) is 0 Å². The van der Waals surface area contributed by atoms with Crippen LogP contribution in [0, 0.1) is 23.3 Å². The molecule has 0 fully saturated rings. The smallest absolute Gasteiger partial charge is 0.412 e. The van der Waals surface area contributed by atoms with Crippen LogP contribution in [-0.4, -0.2) is 35.3 Å². The fraction of sp³-hybridized carbons (Fsp3) is 0.267. The molecule has 0 aliphatic heterocycles. The Bertz CT molecular complexity index is 1430. The third-order valence-electron chi connectivity index (χ3n) is 5.09. The molecule has 0 aliphatic carbocycles. The zero-order valence-electron chi connectivity index (χ0n) is 24.4. The summed E-state index contributed by atoms with van der Waals surface area (Å²) in [5.74, 6) is -13.0. The van der Waals surface area contributed by atoms with E-state index in [1.807, 2.05) is 0 Å². The van der Waals surface area contributed by atoms with Crippen molar-refractivity contribution in [2.45, 2.75) is 52.7 Å². The average Bonchev–Trinajstić information content (AvgIpc) is 2.88. The summed E-state index contributed by atoms with van der Waals surface area (Å²) in [6, 6.07) is 9.58. The average molecular weight is 621 g/mol. The van der Waals surface area contributed by atoms with Crippen molar-refractivity contribution in [3.63, 3.8) is 0 Å². The van der Waals surface area contributed by atoms with Crippen LogP contribution in [0.25, 0.3) is 0 Å². The van der Waals surface area contributed by atoms with Gasteiger partial charge in [0.05, 0.1) is 0 Å². The number of nitrogens with one attached hydrogen (secondary N) is 2. The quantitative estimate of drug-likeness (QED) is 0.126. The maximum absolute atomic E-state index is 14.8. The first-order valence-electron chi connectivity index (χ1n) is 12.8. The molecule has 14 heteroatoms. The molecule has 0 radical (unpaired) electrons. The van der Waals surface area contributed by atoms with E-state index < -0.39 is 69.7 Å². The highest BCUT2D eigenvalue weighted by Gasteiger charge is 2.34. The molecule has 2 N–H and O–H groups in total. The Labute approximate surface area is 249 Å². The lowest BCUT2D eigenvalue weighted by Crippen LogP contribution is -2.27. The second-order valence-electron chi connectivity index (χ2n) is 11.1. The maximum Gasteiger partial charge on any atom is 0.412 e. The van der Waals surface area contributed by atoms with Crippen molar-refractivity contribution in [3.8, 4) is 11.5 Å². The summed E-state index contributed by atoms with van der Waals surface area (Å²) in [5.41, 5.74) is -4.57. The van der Waals surface area contributed by atoms with Crippen molar-refractivity contribution in [3.05, 3.63) is 82.9 Å². The van der Waals surface area contributed by atoms with Gasteiger partial charge in [0.1, 0.15) is 33.8 Å². The fourth-order valence-corrected chi connectivity index (χ4v) is 3.36. The molecule has 2 amide bonds. The highest BCUT2D eigenvalue weighted by atomic mass is 19.2. The van der Waals surface area contributed by atoms with Crippen molar-refractivity contribution in [1.82, 2.24) is 0 Å². The number of esters is 2. The van der Waals surface area contributed by atoms with Gasteiger partial charge in [0.25, 0.3) is 0 Å². The van der Waals surface area contributed by atoms with Crippen LogP contribution in [0.15, 0.2) is 48.5 Å². The van der Waals surface area contributed by atoms with Crippen LogP contribution in [0.2, 0.25) is 0 Å². The zero-order valence-corrected chi connectivity index (χ0v) is 24.4. The number of hydrogen-bond acceptors (Lipinski definition) is 8. The molecule has 3 aromatic rings. The van der Waals surface area contributed by atoms with Crippen molar-refractivity contribution in [2.24, 2.45) is 0 Å². The molecule has 0 atom stereocenters. The molecule has 0 aliphatic rings. The molecule has 3 rings (SSSR count). The first-order chi connectivity index (χ1) is 20.3. The van der Waals surface area contributed by atoms with Crippen LogP contribution in [-0.2, 0) is 9.47 Å². The van der Waals surface area contributed by atoms with Gasteiger partial charge in [0.15, 0.2) is 23.3 Å². The molecule has 0 saturated heterocycles. The lowest BCUT2D eigenvalue weighted by molar-refractivity contribution is 0.0624. The summed E-state index contributed by atoms with van der Waals surface area (Å²) >= 11 is 0. The van der Waals surface area contributed by atoms with Crippen molar-refractivity contribution in [2.75, 3.05) is 10.6 Å². The number of carbonyl (C=O) groups excluding carboxylic acids is 4. The standard InChI is InChI=1S/C30H28F4N2O8/c1-29(2,3)43-27(39)35-15-7-11-17(12-8-15)41-25(37)19-21(31)23(33)20(24(34)22(19)32)26(38)42-18-13-9-16(10-14-18)36-28(40)44-30(4,5)6/h7-14H,1-6H3,(H,35,39)(H,36,40). The van der Waals surface area contributed by atoms with Crippen molar-refractivity contribution < 1.29 is 55.7 Å². The Hall–Kier alpha value is -5.14. The molecule has 44 heavy (non-hydrogen) atoms. The molecule has 10 nitrogen and oxygen atoms in total. The summed E-state index contributed by atoms with van der Waals surface area (Å²) in [6.45, 7) is 9.93. The molecular weight excluding hydrogens is 592 g/mol. The normalized spacial score (nSPS) is 11.3. The molecule has 0 aromatic heterocycles. The second kappa shape index (κ2) is 13.0. The number of rotatable bonds is 6. The first kappa shape index (κ1) is 33.4. The summed E-state index contributed by atoms with van der Waals surface area (Å²) in [5, 5.41) is 4.82. The Morgan fingerprint density at radius 3 is 1.05 bits per heavy atom. The minimum atomic E-state index is -2.19. The predicted octanol–water partition coefficient (Wildman–Crippen LogP) is 7.38. The number of ether oxygens (including phenoxy) is 4. The SMILES string of the molecule is CC(C)(C)OC(=O)Nc1ccc(OC(=O)c2c(F)c(F)c(C(=O)Oc3ccc(NC(=O)OC(C)(C)C)cc3)c(F)c2F)cc1. The van der Waals surface area contributed by atoms with Crippen LogP contribution < -0.4 is 20.1 Å². The highest BCUT2D eigenvalue weighted by molar-refractivity contribution is 5.96. The largest absolute Gasteiger partial charge is 0.444 e. The highest BCUT2D eigenvalue weighted by Crippen LogP contribution is 2.28. The Morgan fingerprint density at radius 2 is 0.795 bits per heavy atom. The van der Waals surface area contributed by atoms with Crippen molar-refractivity contribution >= 4 is 35.5 Å². The van der Waals surface area contributed by atoms with E-state index >= 15 is 0 Å². The maximum atomic E-state index is 14.8. The summed E-state index contributed by atoms with van der Waals surface area (Å²) < 4.78 is 79.0. The molecule has 0 heterocycles. The minimum Gasteiger partial charge on any atom is -0.444 e. The zero-order chi connectivity index (χ0) is 33.0. The first-order valence-corrected chi connectivity index (χ1v) is 12.8. The van der Waals surface area contributed by atoms with Gasteiger partial charge in [-0.05, 0) is 90.1 Å². The number of anilines is 2. The molecule has 0 spiro atoms. The third kappa shape index (κ3) is 8.93. The molecule has 234 valence electrons. The van der Waals surface area contributed by atoms with Crippen molar-refractivity contribution in [1.29, 1.82) is 0 Å². The minimum absolute atomic E-state index is 0.213. The fourth-order valence-electron chi connectivity index (χ4n) is 3.36. The monoisotopic (exact) mass is 620 g/mol. The van der Waals surface area contributed by atoms with Gasteiger partial charge in [0, 0.05) is 11.4 Å². The molecule has 0 unspecified atom stereocenters. The van der Waals surface area contributed by atoms with E-state index in [0.717, 1.165) is 24.3 Å². The molecular formula is C30H28F4N2O8.